The summed E-state index contributed by atoms with van der Waals surface area (Å²) < 4.78 is 11.4. The predicted octanol–water partition coefficient (Wildman–Crippen LogP) is 4.01. The first-order valence-electron chi connectivity index (χ1n) is 8.91. The molecule has 0 bridgehead atoms. The van der Waals surface area contributed by atoms with Crippen molar-refractivity contribution in [2.24, 2.45) is 5.73 Å². The molecule has 0 radical (unpaired) electrons. The van der Waals surface area contributed by atoms with Gasteiger partial charge in [-0.15, -0.1) is 0 Å². The van der Waals surface area contributed by atoms with E-state index in [4.69, 9.17) is 15.2 Å². The zero-order chi connectivity index (χ0) is 19.6. The van der Waals surface area contributed by atoms with Gasteiger partial charge in [-0.25, -0.2) is 4.79 Å². The minimum Gasteiger partial charge on any atom is -0.490 e. The van der Waals surface area contributed by atoms with Gasteiger partial charge in [0.15, 0.2) is 11.5 Å². The van der Waals surface area contributed by atoms with Crippen LogP contribution >= 0.6 is 0 Å². The molecular weight excluding hydrogens is 346 g/mol. The second kappa shape index (κ2) is 10.1. The molecule has 0 unspecified atom stereocenters. The molecule has 0 saturated carbocycles. The summed E-state index contributed by atoms with van der Waals surface area (Å²) in [5.74, 6) is 0.926. The van der Waals surface area contributed by atoms with Crippen LogP contribution in [0.2, 0.25) is 0 Å². The number of carbonyl (C=O) groups is 2. The van der Waals surface area contributed by atoms with Crippen molar-refractivity contribution >= 4 is 23.3 Å². The molecular formula is C20H25N3O4. The average molecular weight is 371 g/mol. The van der Waals surface area contributed by atoms with Crippen molar-refractivity contribution in [3.8, 4) is 11.5 Å². The lowest BCUT2D eigenvalue weighted by molar-refractivity contribution is 0.102. The van der Waals surface area contributed by atoms with Gasteiger partial charge in [0, 0.05) is 23.0 Å². The monoisotopic (exact) mass is 371 g/mol. The molecule has 27 heavy (non-hydrogen) atoms. The number of ether oxygens (including phenoxy) is 2. The van der Waals surface area contributed by atoms with Crippen LogP contribution in [0, 0.1) is 0 Å². The van der Waals surface area contributed by atoms with Crippen molar-refractivity contribution in [1.29, 1.82) is 0 Å². The second-order valence-corrected chi connectivity index (χ2v) is 5.88. The average Bonchev–Trinajstić information content (AvgIpc) is 2.65. The number of urea groups is 1. The quantitative estimate of drug-likeness (QED) is 0.620. The summed E-state index contributed by atoms with van der Waals surface area (Å²) >= 11 is 0. The Morgan fingerprint density at radius 1 is 0.889 bits per heavy atom. The highest BCUT2D eigenvalue weighted by molar-refractivity contribution is 6.05. The van der Waals surface area contributed by atoms with E-state index in [2.05, 4.69) is 10.6 Å². The van der Waals surface area contributed by atoms with Gasteiger partial charge >= 0.3 is 6.03 Å². The van der Waals surface area contributed by atoms with Gasteiger partial charge in [0.05, 0.1) is 13.2 Å². The zero-order valence-electron chi connectivity index (χ0n) is 15.6. The van der Waals surface area contributed by atoms with Crippen LogP contribution in [0.5, 0.6) is 11.5 Å². The van der Waals surface area contributed by atoms with Gasteiger partial charge in [0.1, 0.15) is 0 Å². The molecule has 2 aromatic carbocycles. The summed E-state index contributed by atoms with van der Waals surface area (Å²) in [4.78, 5) is 23.5. The largest absolute Gasteiger partial charge is 0.490 e. The molecule has 0 aliphatic carbocycles. The van der Waals surface area contributed by atoms with E-state index in [1.165, 1.54) is 0 Å². The van der Waals surface area contributed by atoms with Gasteiger partial charge < -0.3 is 25.8 Å². The Morgan fingerprint density at radius 2 is 1.56 bits per heavy atom. The molecule has 0 spiro atoms. The fraction of sp³-hybridized carbons (Fsp3) is 0.300. The minimum absolute atomic E-state index is 0.313. The van der Waals surface area contributed by atoms with E-state index >= 15 is 0 Å². The van der Waals surface area contributed by atoms with E-state index in [0.29, 0.717) is 41.7 Å². The highest BCUT2D eigenvalue weighted by Gasteiger charge is 2.11. The first-order chi connectivity index (χ1) is 13.0. The molecule has 0 fully saturated rings. The number of nitrogens with two attached hydrogens (primary N) is 1. The van der Waals surface area contributed by atoms with Crippen LogP contribution in [-0.4, -0.2) is 25.2 Å². The lowest BCUT2D eigenvalue weighted by Gasteiger charge is -2.14. The Hall–Kier alpha value is -3.22. The fourth-order valence-corrected chi connectivity index (χ4v) is 2.33. The number of carbonyl (C=O) groups excluding carboxylic acids is 2. The van der Waals surface area contributed by atoms with Crippen molar-refractivity contribution in [2.45, 2.75) is 26.7 Å². The van der Waals surface area contributed by atoms with Crippen LogP contribution < -0.4 is 25.8 Å². The Bertz CT molecular complexity index is 793. The van der Waals surface area contributed by atoms with Gasteiger partial charge in [0.25, 0.3) is 5.91 Å². The van der Waals surface area contributed by atoms with Crippen molar-refractivity contribution < 1.29 is 19.1 Å². The van der Waals surface area contributed by atoms with Crippen molar-refractivity contribution in [2.75, 3.05) is 23.8 Å². The normalized spacial score (nSPS) is 10.1. The Kier molecular flexibility index (Phi) is 7.49. The van der Waals surface area contributed by atoms with Crippen molar-refractivity contribution in [1.82, 2.24) is 0 Å². The summed E-state index contributed by atoms with van der Waals surface area (Å²) in [7, 11) is 0. The van der Waals surface area contributed by atoms with Gasteiger partial charge in [-0.3, -0.25) is 4.79 Å². The molecule has 0 aromatic heterocycles. The maximum atomic E-state index is 12.5. The number of anilines is 2. The van der Waals surface area contributed by atoms with Crippen LogP contribution in [-0.2, 0) is 0 Å². The molecule has 0 aliphatic heterocycles. The molecule has 2 aromatic rings. The topological polar surface area (TPSA) is 103 Å². The highest BCUT2D eigenvalue weighted by Crippen LogP contribution is 2.31. The van der Waals surface area contributed by atoms with Gasteiger partial charge in [-0.1, -0.05) is 19.9 Å². The first-order valence-corrected chi connectivity index (χ1v) is 8.91. The first kappa shape index (κ1) is 20.1. The maximum Gasteiger partial charge on any atom is 0.316 e. The van der Waals surface area contributed by atoms with E-state index < -0.39 is 6.03 Å². The van der Waals surface area contributed by atoms with Crippen LogP contribution in [0.3, 0.4) is 0 Å². The second-order valence-electron chi connectivity index (χ2n) is 5.88. The zero-order valence-corrected chi connectivity index (χ0v) is 15.6. The molecule has 144 valence electrons. The number of nitrogens with one attached hydrogen (secondary N) is 2. The molecule has 0 saturated heterocycles. The summed E-state index contributed by atoms with van der Waals surface area (Å²) in [5, 5.41) is 5.27. The summed E-state index contributed by atoms with van der Waals surface area (Å²) in [6, 6.07) is 11.1. The van der Waals surface area contributed by atoms with E-state index in [9.17, 15) is 9.59 Å². The van der Waals surface area contributed by atoms with E-state index in [1.54, 1.807) is 42.5 Å². The molecule has 3 amide bonds. The molecule has 0 aliphatic rings. The lowest BCUT2D eigenvalue weighted by atomic mass is 10.1. The minimum atomic E-state index is -0.687. The number of benzene rings is 2. The number of rotatable bonds is 9. The molecule has 7 heteroatoms. The summed E-state index contributed by atoms with van der Waals surface area (Å²) in [5.41, 5.74) is 6.53. The molecule has 0 atom stereocenters. The Balaban J connectivity index is 2.15. The third kappa shape index (κ3) is 6.22. The van der Waals surface area contributed by atoms with Crippen LogP contribution in [0.25, 0.3) is 0 Å². The predicted molar refractivity (Wildman–Crippen MR) is 106 cm³/mol. The van der Waals surface area contributed by atoms with Crippen molar-refractivity contribution in [3.63, 3.8) is 0 Å². The molecule has 0 heterocycles. The van der Waals surface area contributed by atoms with Crippen LogP contribution in [0.1, 0.15) is 37.0 Å². The highest BCUT2D eigenvalue weighted by atomic mass is 16.5. The van der Waals surface area contributed by atoms with E-state index in [1.807, 2.05) is 13.8 Å². The SMILES string of the molecule is CCCOc1ccc(NC(=O)c2cccc(NC(N)=O)c2)cc1OCCC. The molecule has 4 N–H and O–H groups in total. The third-order valence-electron chi connectivity index (χ3n) is 3.52. The third-order valence-corrected chi connectivity index (χ3v) is 3.52. The number of primary amides is 1. The molecule has 7 nitrogen and oxygen atoms in total. The lowest BCUT2D eigenvalue weighted by Crippen LogP contribution is -2.19. The molecule has 2 rings (SSSR count). The standard InChI is InChI=1S/C20H25N3O4/c1-3-10-26-17-9-8-16(13-18(17)27-11-4-2)22-19(24)14-6-5-7-15(12-14)23-20(21)25/h5-9,12-13H,3-4,10-11H2,1-2H3,(H,22,24)(H3,21,23,25). The van der Waals surface area contributed by atoms with Crippen LogP contribution in [0.15, 0.2) is 42.5 Å². The van der Waals surface area contributed by atoms with E-state index in [0.717, 1.165) is 12.8 Å². The fourth-order valence-electron chi connectivity index (χ4n) is 2.33. The smallest absolute Gasteiger partial charge is 0.316 e. The van der Waals surface area contributed by atoms with Crippen molar-refractivity contribution in [3.05, 3.63) is 48.0 Å². The van der Waals surface area contributed by atoms with Crippen LogP contribution in [0.4, 0.5) is 16.2 Å². The van der Waals surface area contributed by atoms with Gasteiger partial charge in [-0.05, 0) is 43.2 Å². The number of hydrogen-bond donors (Lipinski definition) is 3. The summed E-state index contributed by atoms with van der Waals surface area (Å²) in [6.07, 6.45) is 1.75. The Labute approximate surface area is 158 Å². The van der Waals surface area contributed by atoms with Gasteiger partial charge in [-0.2, -0.15) is 0 Å². The van der Waals surface area contributed by atoms with Gasteiger partial charge in [0.2, 0.25) is 0 Å². The van der Waals surface area contributed by atoms with E-state index in [-0.39, 0.29) is 5.91 Å². The number of hydrogen-bond acceptors (Lipinski definition) is 4. The Morgan fingerprint density at radius 3 is 2.22 bits per heavy atom. The summed E-state index contributed by atoms with van der Waals surface area (Å²) in [6.45, 7) is 5.20. The number of amides is 3. The maximum absolute atomic E-state index is 12.5.